The third kappa shape index (κ3) is 0.533. The molecule has 1 heterocycles. The molecule has 0 aromatic carbocycles. The van der Waals surface area contributed by atoms with E-state index in [1.54, 1.807) is 0 Å². The summed E-state index contributed by atoms with van der Waals surface area (Å²) in [6, 6.07) is 0. The van der Waals surface area contributed by atoms with Crippen LogP contribution in [0.2, 0.25) is 0 Å². The molecule has 1 saturated heterocycles. The Morgan fingerprint density at radius 3 is 2.50 bits per heavy atom. The Bertz CT molecular complexity index is 40.1. The van der Waals surface area contributed by atoms with E-state index in [-0.39, 0.29) is 0 Å². The second-order valence-corrected chi connectivity index (χ2v) is 1.44. The van der Waals surface area contributed by atoms with Crippen LogP contribution in [-0.4, -0.2) is 19.9 Å². The molecule has 6 heavy (non-hydrogen) atoms. The van der Waals surface area contributed by atoms with Gasteiger partial charge in [0.05, 0.1) is 6.61 Å². The molecule has 1 N–H and O–H groups in total. The van der Waals surface area contributed by atoms with Crippen molar-refractivity contribution >= 4 is 0 Å². The topological polar surface area (TPSA) is 21.3 Å². The van der Waals surface area contributed by atoms with Crippen LogP contribution >= 0.6 is 0 Å². The lowest BCUT2D eigenvalue weighted by Gasteiger charge is -2.25. The fraction of sp³-hybridized carbons (Fsp3) is 1.00. The highest BCUT2D eigenvalue weighted by atomic mass is 16.5. The van der Waals surface area contributed by atoms with Gasteiger partial charge in [0.15, 0.2) is 0 Å². The molecule has 1 aliphatic rings. The summed E-state index contributed by atoms with van der Waals surface area (Å²) in [5.41, 5.74) is 0. The maximum Gasteiger partial charge on any atom is 0.110 e. The van der Waals surface area contributed by atoms with Crippen molar-refractivity contribution in [3.8, 4) is 0 Å². The Morgan fingerprint density at radius 2 is 2.50 bits per heavy atom. The minimum absolute atomic E-state index is 0.366. The standard InChI is InChI=1S/C4H9NO/c1-5-4-2-3-6-4/h4-5H,2-3H2,1H3. The first-order valence-corrected chi connectivity index (χ1v) is 2.22. The van der Waals surface area contributed by atoms with Gasteiger partial charge in [-0.3, -0.25) is 5.32 Å². The van der Waals surface area contributed by atoms with Gasteiger partial charge >= 0.3 is 0 Å². The second kappa shape index (κ2) is 1.58. The van der Waals surface area contributed by atoms with Crippen molar-refractivity contribution in [1.82, 2.24) is 5.32 Å². The molecule has 1 rings (SSSR count). The van der Waals surface area contributed by atoms with E-state index in [0.717, 1.165) is 6.61 Å². The van der Waals surface area contributed by atoms with Gasteiger partial charge in [-0.15, -0.1) is 0 Å². The van der Waals surface area contributed by atoms with E-state index in [9.17, 15) is 0 Å². The summed E-state index contributed by atoms with van der Waals surface area (Å²) in [6.45, 7) is 0.936. The van der Waals surface area contributed by atoms with Gasteiger partial charge in [0.25, 0.3) is 0 Å². The van der Waals surface area contributed by atoms with Gasteiger partial charge in [0, 0.05) is 6.42 Å². The summed E-state index contributed by atoms with van der Waals surface area (Å²) >= 11 is 0. The molecule has 1 fully saturated rings. The lowest BCUT2D eigenvalue weighted by molar-refractivity contribution is -0.0661. The molecule has 1 atom stereocenters. The largest absolute Gasteiger partial charge is 0.363 e. The molecule has 0 aromatic rings. The van der Waals surface area contributed by atoms with Crippen molar-refractivity contribution in [2.45, 2.75) is 12.6 Å². The smallest absolute Gasteiger partial charge is 0.110 e. The van der Waals surface area contributed by atoms with Gasteiger partial charge in [-0.2, -0.15) is 0 Å². The number of hydrogen-bond donors (Lipinski definition) is 1. The zero-order valence-electron chi connectivity index (χ0n) is 3.90. The molecule has 0 spiro atoms. The van der Waals surface area contributed by atoms with Gasteiger partial charge in [0.2, 0.25) is 0 Å². The molecule has 1 unspecified atom stereocenters. The molecule has 0 radical (unpaired) electrons. The lowest BCUT2D eigenvalue weighted by Crippen LogP contribution is -2.38. The number of hydrogen-bond acceptors (Lipinski definition) is 2. The normalized spacial score (nSPS) is 32.5. The fourth-order valence-corrected chi connectivity index (χ4v) is 0.463. The summed E-state index contributed by atoms with van der Waals surface area (Å²) in [5, 5.41) is 2.98. The third-order valence-corrected chi connectivity index (χ3v) is 1.02. The minimum atomic E-state index is 0.366. The van der Waals surface area contributed by atoms with Gasteiger partial charge in [-0.1, -0.05) is 0 Å². The highest BCUT2D eigenvalue weighted by Gasteiger charge is 2.13. The van der Waals surface area contributed by atoms with Crippen LogP contribution in [0.1, 0.15) is 6.42 Å². The van der Waals surface area contributed by atoms with Crippen LogP contribution in [0.15, 0.2) is 0 Å². The Kier molecular flexibility index (Phi) is 1.08. The van der Waals surface area contributed by atoms with Crippen LogP contribution < -0.4 is 5.32 Å². The van der Waals surface area contributed by atoms with Crippen LogP contribution in [0.25, 0.3) is 0 Å². The second-order valence-electron chi connectivity index (χ2n) is 1.44. The van der Waals surface area contributed by atoms with E-state index < -0.39 is 0 Å². The molecule has 0 amide bonds. The van der Waals surface area contributed by atoms with Gasteiger partial charge in [-0.25, -0.2) is 0 Å². The minimum Gasteiger partial charge on any atom is -0.363 e. The first kappa shape index (κ1) is 4.09. The summed E-state index contributed by atoms with van der Waals surface area (Å²) in [4.78, 5) is 0. The van der Waals surface area contributed by atoms with Gasteiger partial charge in [-0.05, 0) is 7.05 Å². The Labute approximate surface area is 37.5 Å². The molecule has 0 bridgehead atoms. The summed E-state index contributed by atoms with van der Waals surface area (Å²) < 4.78 is 4.97. The first-order chi connectivity index (χ1) is 2.93. The van der Waals surface area contributed by atoms with Crippen molar-refractivity contribution < 1.29 is 4.74 Å². The predicted molar refractivity (Wildman–Crippen MR) is 23.4 cm³/mol. The Balaban J connectivity index is 2.01. The van der Waals surface area contributed by atoms with Crippen molar-refractivity contribution in [2.75, 3.05) is 13.7 Å². The van der Waals surface area contributed by atoms with Crippen LogP contribution in [0, 0.1) is 0 Å². The molecule has 1 aliphatic heterocycles. The highest BCUT2D eigenvalue weighted by molar-refractivity contribution is 4.59. The third-order valence-electron chi connectivity index (χ3n) is 1.02. The molecular formula is C4H9NO. The van der Waals surface area contributed by atoms with E-state index in [0.29, 0.717) is 6.23 Å². The molecule has 0 saturated carbocycles. The Morgan fingerprint density at radius 1 is 1.83 bits per heavy atom. The van der Waals surface area contributed by atoms with Crippen LogP contribution in [0.5, 0.6) is 0 Å². The zero-order valence-corrected chi connectivity index (χ0v) is 3.90. The van der Waals surface area contributed by atoms with Crippen molar-refractivity contribution in [2.24, 2.45) is 0 Å². The molecular weight excluding hydrogens is 78.0 g/mol. The maximum atomic E-state index is 4.97. The zero-order chi connectivity index (χ0) is 4.41. The molecule has 0 aliphatic carbocycles. The average Bonchev–Trinajstić information content (AvgIpc) is 1.31. The Hall–Kier alpha value is -0.0800. The summed E-state index contributed by atoms with van der Waals surface area (Å²) in [5.74, 6) is 0. The number of rotatable bonds is 1. The van der Waals surface area contributed by atoms with Crippen molar-refractivity contribution in [3.05, 3.63) is 0 Å². The van der Waals surface area contributed by atoms with E-state index in [1.807, 2.05) is 7.05 Å². The van der Waals surface area contributed by atoms with Gasteiger partial charge in [0.1, 0.15) is 6.23 Å². The number of nitrogens with one attached hydrogen (secondary N) is 1. The quantitative estimate of drug-likeness (QED) is 0.484. The van der Waals surface area contributed by atoms with Crippen LogP contribution in [0.3, 0.4) is 0 Å². The fourth-order valence-electron chi connectivity index (χ4n) is 0.463. The predicted octanol–water partition coefficient (Wildman–Crippen LogP) is -0.0478. The molecule has 2 heteroatoms. The van der Waals surface area contributed by atoms with Crippen LogP contribution in [0.4, 0.5) is 0 Å². The monoisotopic (exact) mass is 87.1 g/mol. The van der Waals surface area contributed by atoms with E-state index in [1.165, 1.54) is 6.42 Å². The van der Waals surface area contributed by atoms with Crippen LogP contribution in [-0.2, 0) is 4.74 Å². The first-order valence-electron chi connectivity index (χ1n) is 2.22. The van der Waals surface area contributed by atoms with Gasteiger partial charge < -0.3 is 4.74 Å². The summed E-state index contributed by atoms with van der Waals surface area (Å²) in [7, 11) is 1.91. The van der Waals surface area contributed by atoms with E-state index in [4.69, 9.17) is 4.74 Å². The maximum absolute atomic E-state index is 4.97. The summed E-state index contributed by atoms with van der Waals surface area (Å²) in [6.07, 6.45) is 1.54. The molecule has 36 valence electrons. The highest BCUT2D eigenvalue weighted by Crippen LogP contribution is 2.04. The molecule has 0 aromatic heterocycles. The lowest BCUT2D eigenvalue weighted by atomic mass is 10.3. The van der Waals surface area contributed by atoms with E-state index in [2.05, 4.69) is 5.32 Å². The average molecular weight is 87.1 g/mol. The molecule has 2 nitrogen and oxygen atoms in total. The van der Waals surface area contributed by atoms with Crippen molar-refractivity contribution in [1.29, 1.82) is 0 Å². The number of ether oxygens (including phenoxy) is 1. The SMILES string of the molecule is CNC1CCO1. The van der Waals surface area contributed by atoms with Crippen molar-refractivity contribution in [3.63, 3.8) is 0 Å². The van der Waals surface area contributed by atoms with E-state index >= 15 is 0 Å².